The van der Waals surface area contributed by atoms with Gasteiger partial charge in [-0.25, -0.2) is 19.8 Å². The molecule has 3 heterocycles. The average Bonchev–Trinajstić information content (AvgIpc) is 3.62. The van der Waals surface area contributed by atoms with Gasteiger partial charge in [-0.2, -0.15) is 0 Å². The number of aromatic nitrogens is 5. The molecule has 0 atom stereocenters. The first-order valence-corrected chi connectivity index (χ1v) is 16.7. The predicted molar refractivity (Wildman–Crippen MR) is 205 cm³/mol. The molecular weight excluding hydrogens is 613 g/mol. The first-order valence-electron chi connectivity index (χ1n) is 16.7. The molecule has 238 valence electrons. The molecule has 0 N–H and O–H groups in total. The lowest BCUT2D eigenvalue weighted by molar-refractivity contribution is 0.928. The second-order valence-corrected chi connectivity index (χ2v) is 13.0. The highest BCUT2D eigenvalue weighted by Crippen LogP contribution is 2.43. The molecule has 0 saturated heterocycles. The van der Waals surface area contributed by atoms with Crippen LogP contribution in [0.4, 0.5) is 5.69 Å². The van der Waals surface area contributed by atoms with Crippen molar-refractivity contribution in [3.05, 3.63) is 156 Å². The Balaban J connectivity index is 1.43. The third kappa shape index (κ3) is 4.59. The van der Waals surface area contributed by atoms with Gasteiger partial charge in [0.15, 0.2) is 11.5 Å². The van der Waals surface area contributed by atoms with Crippen LogP contribution in [0.3, 0.4) is 0 Å². The van der Waals surface area contributed by atoms with E-state index in [9.17, 15) is 0 Å². The summed E-state index contributed by atoms with van der Waals surface area (Å²) in [5, 5.41) is 4.73. The van der Waals surface area contributed by atoms with Crippen LogP contribution in [0.1, 0.15) is 22.8 Å². The van der Waals surface area contributed by atoms with Crippen LogP contribution in [0.5, 0.6) is 0 Å². The molecule has 50 heavy (non-hydrogen) atoms. The van der Waals surface area contributed by atoms with Gasteiger partial charge in [-0.1, -0.05) is 84.9 Å². The van der Waals surface area contributed by atoms with Gasteiger partial charge in [0.2, 0.25) is 0 Å². The standard InChI is InChI=1S/C44H32N6/c1-26-14-18-34-32-10-6-8-12-38(32)49(40(34)22-26)42-24-30(44-47-28(3)46-29(4)48-44)16-20-36(42)37-21-17-31(45-5)25-43(37)50-39-13-9-7-11-33(39)35-19-15-27(2)23-41(35)50/h6-25H,1-4H3. The topological polar surface area (TPSA) is 52.9 Å². The van der Waals surface area contributed by atoms with Crippen molar-refractivity contribution in [1.29, 1.82) is 0 Å². The molecule has 0 spiro atoms. The van der Waals surface area contributed by atoms with Crippen molar-refractivity contribution in [3.8, 4) is 33.9 Å². The zero-order chi connectivity index (χ0) is 34.1. The molecule has 0 aliphatic rings. The summed E-state index contributed by atoms with van der Waals surface area (Å²) in [5.41, 5.74) is 12.3. The van der Waals surface area contributed by atoms with Crippen LogP contribution in [0.15, 0.2) is 121 Å². The van der Waals surface area contributed by atoms with Crippen molar-refractivity contribution in [1.82, 2.24) is 24.1 Å². The number of rotatable bonds is 4. The van der Waals surface area contributed by atoms with Gasteiger partial charge in [0.25, 0.3) is 0 Å². The molecule has 0 fully saturated rings. The Kier molecular flexibility index (Phi) is 6.65. The number of benzene rings is 6. The van der Waals surface area contributed by atoms with Crippen LogP contribution in [0.25, 0.3) is 82.3 Å². The Morgan fingerprint density at radius 3 is 1.54 bits per heavy atom. The highest BCUT2D eigenvalue weighted by atomic mass is 15.0. The Labute approximate surface area is 289 Å². The molecule has 0 amide bonds. The van der Waals surface area contributed by atoms with Crippen molar-refractivity contribution >= 4 is 49.3 Å². The molecular formula is C44H32N6. The molecule has 9 aromatic rings. The first-order chi connectivity index (χ1) is 24.4. The lowest BCUT2D eigenvalue weighted by atomic mass is 9.98. The minimum Gasteiger partial charge on any atom is -0.310 e. The van der Waals surface area contributed by atoms with E-state index in [0.717, 1.165) is 50.1 Å². The van der Waals surface area contributed by atoms with E-state index in [1.54, 1.807) is 0 Å². The van der Waals surface area contributed by atoms with Crippen molar-refractivity contribution in [2.45, 2.75) is 27.7 Å². The minimum atomic E-state index is 0.587. The van der Waals surface area contributed by atoms with E-state index < -0.39 is 0 Å². The van der Waals surface area contributed by atoms with Gasteiger partial charge < -0.3 is 9.13 Å². The average molecular weight is 645 g/mol. The summed E-state index contributed by atoms with van der Waals surface area (Å²) in [7, 11) is 0. The number of para-hydroxylation sites is 2. The molecule has 6 nitrogen and oxygen atoms in total. The number of fused-ring (bicyclic) bond motifs is 6. The summed E-state index contributed by atoms with van der Waals surface area (Å²) in [6.07, 6.45) is 0. The van der Waals surface area contributed by atoms with Crippen LogP contribution >= 0.6 is 0 Å². The summed E-state index contributed by atoms with van der Waals surface area (Å²) >= 11 is 0. The fourth-order valence-electron chi connectivity index (χ4n) is 7.51. The first kappa shape index (κ1) is 29.6. The molecule has 6 heteroatoms. The molecule has 0 aliphatic carbocycles. The van der Waals surface area contributed by atoms with E-state index in [1.165, 1.54) is 32.7 Å². The Bertz CT molecular complexity index is 2860. The fraction of sp³-hybridized carbons (Fsp3) is 0.0909. The van der Waals surface area contributed by atoms with Gasteiger partial charge in [0.1, 0.15) is 11.6 Å². The molecule has 6 aromatic carbocycles. The van der Waals surface area contributed by atoms with Crippen molar-refractivity contribution in [2.75, 3.05) is 0 Å². The van der Waals surface area contributed by atoms with Crippen LogP contribution in [-0.4, -0.2) is 24.1 Å². The molecule has 0 saturated carbocycles. The number of hydrogen-bond donors (Lipinski definition) is 0. The quantitative estimate of drug-likeness (QED) is 0.179. The summed E-state index contributed by atoms with van der Waals surface area (Å²) in [6, 6.07) is 43.0. The van der Waals surface area contributed by atoms with Crippen LogP contribution in [-0.2, 0) is 0 Å². The molecule has 0 unspecified atom stereocenters. The van der Waals surface area contributed by atoms with E-state index in [0.29, 0.717) is 23.2 Å². The Morgan fingerprint density at radius 1 is 0.480 bits per heavy atom. The number of nitrogens with zero attached hydrogens (tertiary/aromatic N) is 6. The van der Waals surface area contributed by atoms with E-state index in [2.05, 4.69) is 142 Å². The SMILES string of the molecule is [C-]#[N+]c1ccc(-c2ccc(-c3nc(C)nc(C)n3)cc2-n2c3ccccc3c3ccc(C)cc32)c(-n2c3ccccc3c3ccc(C)cc32)c1. The maximum Gasteiger partial charge on any atom is 0.189 e. The molecule has 0 bridgehead atoms. The zero-order valence-corrected chi connectivity index (χ0v) is 28.2. The molecule has 9 rings (SSSR count). The molecule has 0 aliphatic heterocycles. The van der Waals surface area contributed by atoms with Gasteiger partial charge in [-0.05, 0) is 75.2 Å². The van der Waals surface area contributed by atoms with Gasteiger partial charge in [-0.3, -0.25) is 0 Å². The largest absolute Gasteiger partial charge is 0.310 e. The van der Waals surface area contributed by atoms with E-state index in [1.807, 2.05) is 26.0 Å². The third-order valence-electron chi connectivity index (χ3n) is 9.66. The monoisotopic (exact) mass is 644 g/mol. The smallest absolute Gasteiger partial charge is 0.189 e. The number of hydrogen-bond acceptors (Lipinski definition) is 3. The lowest BCUT2D eigenvalue weighted by Crippen LogP contribution is -2.03. The third-order valence-corrected chi connectivity index (χ3v) is 9.66. The van der Waals surface area contributed by atoms with Gasteiger partial charge in [0, 0.05) is 43.9 Å². The summed E-state index contributed by atoms with van der Waals surface area (Å²) < 4.78 is 4.70. The zero-order valence-electron chi connectivity index (χ0n) is 28.2. The minimum absolute atomic E-state index is 0.587. The Hall–Kier alpha value is -6.58. The van der Waals surface area contributed by atoms with Crippen molar-refractivity contribution in [2.24, 2.45) is 0 Å². The summed E-state index contributed by atoms with van der Waals surface area (Å²) in [5.74, 6) is 2.01. The van der Waals surface area contributed by atoms with Gasteiger partial charge >= 0.3 is 0 Å². The molecule has 3 aromatic heterocycles. The van der Waals surface area contributed by atoms with Crippen LogP contribution in [0.2, 0.25) is 0 Å². The predicted octanol–water partition coefficient (Wildman–Crippen LogP) is 11.2. The van der Waals surface area contributed by atoms with Crippen molar-refractivity contribution in [3.63, 3.8) is 0 Å². The van der Waals surface area contributed by atoms with Gasteiger partial charge in [-0.15, -0.1) is 0 Å². The molecule has 0 radical (unpaired) electrons. The summed E-state index contributed by atoms with van der Waals surface area (Å²) in [6.45, 7) is 16.1. The van der Waals surface area contributed by atoms with Gasteiger partial charge in [0.05, 0.1) is 34.3 Å². The summed E-state index contributed by atoms with van der Waals surface area (Å²) in [4.78, 5) is 17.9. The van der Waals surface area contributed by atoms with E-state index in [-0.39, 0.29) is 0 Å². The lowest BCUT2D eigenvalue weighted by Gasteiger charge is -2.20. The number of aryl methyl sites for hydroxylation is 4. The maximum atomic E-state index is 8.01. The van der Waals surface area contributed by atoms with E-state index >= 15 is 0 Å². The van der Waals surface area contributed by atoms with E-state index in [4.69, 9.17) is 16.5 Å². The fourth-order valence-corrected chi connectivity index (χ4v) is 7.51. The van der Waals surface area contributed by atoms with Crippen LogP contribution < -0.4 is 0 Å². The van der Waals surface area contributed by atoms with Crippen LogP contribution in [0, 0.1) is 34.3 Å². The highest BCUT2D eigenvalue weighted by Gasteiger charge is 2.22. The normalized spacial score (nSPS) is 11.6. The second kappa shape index (κ2) is 11.3. The highest BCUT2D eigenvalue weighted by molar-refractivity contribution is 6.11. The Morgan fingerprint density at radius 2 is 0.980 bits per heavy atom. The second-order valence-electron chi connectivity index (χ2n) is 13.0. The van der Waals surface area contributed by atoms with Crippen molar-refractivity contribution < 1.29 is 0 Å². The maximum absolute atomic E-state index is 8.01.